The molecule has 0 atom stereocenters. The van der Waals surface area contributed by atoms with Crippen molar-refractivity contribution in [2.24, 2.45) is 0 Å². The number of carbonyl (C=O) groups is 1. The second kappa shape index (κ2) is 5.47. The summed E-state index contributed by atoms with van der Waals surface area (Å²) in [5, 5.41) is 15.9. The van der Waals surface area contributed by atoms with Crippen LogP contribution in [0, 0.1) is 0 Å². The molecule has 0 aliphatic rings. The molecule has 3 aromatic heterocycles. The van der Waals surface area contributed by atoms with E-state index in [1.54, 1.807) is 40.1 Å². The number of hydrogen-bond acceptors (Lipinski definition) is 5. The van der Waals surface area contributed by atoms with Gasteiger partial charge in [-0.3, -0.25) is 0 Å². The zero-order valence-corrected chi connectivity index (χ0v) is 13.2. The summed E-state index contributed by atoms with van der Waals surface area (Å²) in [4.78, 5) is 16.9. The molecule has 7 heteroatoms. The minimum Gasteiger partial charge on any atom is -0.478 e. The number of fused-ring (bicyclic) bond motifs is 1. The van der Waals surface area contributed by atoms with Crippen molar-refractivity contribution < 1.29 is 9.90 Å². The number of carboxylic acid groups (broad SMARTS) is 1. The second-order valence-electron chi connectivity index (χ2n) is 5.21. The number of rotatable bonds is 3. The first-order chi connectivity index (χ1) is 11.6. The van der Waals surface area contributed by atoms with Crippen molar-refractivity contribution in [1.29, 1.82) is 0 Å². The van der Waals surface area contributed by atoms with Crippen molar-refractivity contribution in [2.45, 2.75) is 0 Å². The van der Waals surface area contributed by atoms with Gasteiger partial charge in [0.05, 0.1) is 10.6 Å². The summed E-state index contributed by atoms with van der Waals surface area (Å²) in [5.74, 6) is -0.574. The van der Waals surface area contributed by atoms with Crippen molar-refractivity contribution in [3.8, 4) is 22.0 Å². The lowest BCUT2D eigenvalue weighted by Gasteiger charge is -2.03. The number of hydrogen-bond donors (Lipinski definition) is 2. The number of anilines is 1. The molecule has 1 aromatic carbocycles. The molecule has 0 amide bonds. The maximum absolute atomic E-state index is 11.5. The lowest BCUT2D eigenvalue weighted by Crippen LogP contribution is -2.03. The van der Waals surface area contributed by atoms with Gasteiger partial charge in [0.15, 0.2) is 11.5 Å². The summed E-state index contributed by atoms with van der Waals surface area (Å²) in [6, 6.07) is 14.4. The third-order valence-corrected chi connectivity index (χ3v) is 4.55. The Morgan fingerprint density at radius 2 is 1.92 bits per heavy atom. The van der Waals surface area contributed by atoms with Crippen LogP contribution in [0.25, 0.3) is 27.6 Å². The highest BCUT2D eigenvalue weighted by atomic mass is 32.1. The first-order valence-corrected chi connectivity index (χ1v) is 8.04. The fourth-order valence-corrected chi connectivity index (χ4v) is 3.23. The van der Waals surface area contributed by atoms with E-state index in [4.69, 9.17) is 5.73 Å². The Hall–Kier alpha value is -3.19. The zero-order valence-electron chi connectivity index (χ0n) is 12.4. The Morgan fingerprint density at radius 3 is 2.58 bits per heavy atom. The summed E-state index contributed by atoms with van der Waals surface area (Å²) in [7, 11) is 0. The number of nitrogens with two attached hydrogens (primary N) is 1. The molecular weight excluding hydrogens is 324 g/mol. The van der Waals surface area contributed by atoms with Gasteiger partial charge in [-0.25, -0.2) is 14.3 Å². The summed E-state index contributed by atoms with van der Waals surface area (Å²) >= 11 is 1.56. The standard InChI is InChI=1S/C17H12N4O2S/c18-11-5-3-10(4-6-11)15-19-16-12(17(22)23)7-8-13(21(16)20-15)14-2-1-9-24-14/h1-9H,18H2,(H,22,23). The lowest BCUT2D eigenvalue weighted by atomic mass is 10.2. The molecular formula is C17H12N4O2S. The molecule has 0 aliphatic heterocycles. The molecule has 0 unspecified atom stereocenters. The average molecular weight is 336 g/mol. The highest BCUT2D eigenvalue weighted by molar-refractivity contribution is 7.13. The van der Waals surface area contributed by atoms with Gasteiger partial charge in [0.1, 0.15) is 5.56 Å². The van der Waals surface area contributed by atoms with E-state index in [1.807, 2.05) is 29.6 Å². The van der Waals surface area contributed by atoms with Crippen LogP contribution in [0.3, 0.4) is 0 Å². The number of nitrogen functional groups attached to an aromatic ring is 1. The maximum atomic E-state index is 11.5. The van der Waals surface area contributed by atoms with E-state index in [9.17, 15) is 9.90 Å². The van der Waals surface area contributed by atoms with Crippen molar-refractivity contribution in [1.82, 2.24) is 14.6 Å². The number of aromatic nitrogens is 3. The topological polar surface area (TPSA) is 93.5 Å². The number of pyridine rings is 1. The minimum atomic E-state index is -1.03. The molecule has 0 spiro atoms. The zero-order chi connectivity index (χ0) is 16.7. The van der Waals surface area contributed by atoms with Gasteiger partial charge in [-0.05, 0) is 47.8 Å². The van der Waals surface area contributed by atoms with E-state index < -0.39 is 5.97 Å². The van der Waals surface area contributed by atoms with E-state index in [0.29, 0.717) is 17.2 Å². The van der Waals surface area contributed by atoms with E-state index in [1.165, 1.54) is 0 Å². The molecule has 3 N–H and O–H groups in total. The summed E-state index contributed by atoms with van der Waals surface area (Å²) < 4.78 is 1.58. The Morgan fingerprint density at radius 1 is 1.12 bits per heavy atom. The van der Waals surface area contributed by atoms with Crippen LogP contribution in [0.5, 0.6) is 0 Å². The van der Waals surface area contributed by atoms with Crippen LogP contribution in [-0.2, 0) is 0 Å². The first kappa shape index (κ1) is 14.4. The molecule has 0 saturated heterocycles. The maximum Gasteiger partial charge on any atom is 0.339 e. The fourth-order valence-electron chi connectivity index (χ4n) is 2.49. The Bertz CT molecular complexity index is 1040. The molecule has 0 radical (unpaired) electrons. The highest BCUT2D eigenvalue weighted by Crippen LogP contribution is 2.28. The SMILES string of the molecule is Nc1ccc(-c2nc3c(C(=O)O)ccc(-c4cccs4)n3n2)cc1. The normalized spacial score (nSPS) is 11.0. The summed E-state index contributed by atoms with van der Waals surface area (Å²) in [6.45, 7) is 0. The average Bonchev–Trinajstić information content (AvgIpc) is 3.24. The molecule has 24 heavy (non-hydrogen) atoms. The predicted octanol–water partition coefficient (Wildman–Crippen LogP) is 3.41. The van der Waals surface area contributed by atoms with E-state index >= 15 is 0 Å². The van der Waals surface area contributed by atoms with Gasteiger partial charge in [-0.15, -0.1) is 16.4 Å². The number of aromatic carboxylic acids is 1. The van der Waals surface area contributed by atoms with Crippen molar-refractivity contribution in [3.63, 3.8) is 0 Å². The van der Waals surface area contributed by atoms with Gasteiger partial charge in [0.25, 0.3) is 0 Å². The number of nitrogens with zero attached hydrogens (tertiary/aromatic N) is 3. The van der Waals surface area contributed by atoms with E-state index in [-0.39, 0.29) is 5.56 Å². The third-order valence-electron chi connectivity index (χ3n) is 3.66. The van der Waals surface area contributed by atoms with Crippen LogP contribution in [0.1, 0.15) is 10.4 Å². The van der Waals surface area contributed by atoms with E-state index in [0.717, 1.165) is 16.1 Å². The van der Waals surface area contributed by atoms with Crippen molar-refractivity contribution in [2.75, 3.05) is 5.73 Å². The van der Waals surface area contributed by atoms with Gasteiger partial charge in [-0.2, -0.15) is 0 Å². The van der Waals surface area contributed by atoms with Crippen molar-refractivity contribution in [3.05, 3.63) is 59.5 Å². The summed E-state index contributed by atoms with van der Waals surface area (Å²) in [5.41, 5.74) is 8.37. The molecule has 3 heterocycles. The Kier molecular flexibility index (Phi) is 3.28. The number of thiophene rings is 1. The molecule has 0 aliphatic carbocycles. The smallest absolute Gasteiger partial charge is 0.339 e. The van der Waals surface area contributed by atoms with Crippen LogP contribution >= 0.6 is 11.3 Å². The lowest BCUT2D eigenvalue weighted by molar-refractivity contribution is 0.0698. The van der Waals surface area contributed by atoms with Gasteiger partial charge >= 0.3 is 5.97 Å². The third kappa shape index (κ3) is 2.31. The predicted molar refractivity (Wildman–Crippen MR) is 93.1 cm³/mol. The molecule has 0 bridgehead atoms. The monoisotopic (exact) mass is 336 g/mol. The summed E-state index contributed by atoms with van der Waals surface area (Å²) in [6.07, 6.45) is 0. The second-order valence-corrected chi connectivity index (χ2v) is 6.16. The van der Waals surface area contributed by atoms with Gasteiger partial charge in [-0.1, -0.05) is 6.07 Å². The fraction of sp³-hybridized carbons (Fsp3) is 0. The van der Waals surface area contributed by atoms with Gasteiger partial charge in [0.2, 0.25) is 0 Å². The molecule has 0 saturated carbocycles. The van der Waals surface area contributed by atoms with Gasteiger partial charge < -0.3 is 10.8 Å². The van der Waals surface area contributed by atoms with Crippen LogP contribution in [0.2, 0.25) is 0 Å². The largest absolute Gasteiger partial charge is 0.478 e. The molecule has 4 aromatic rings. The van der Waals surface area contributed by atoms with Crippen molar-refractivity contribution >= 4 is 28.6 Å². The van der Waals surface area contributed by atoms with Crippen LogP contribution in [0.15, 0.2) is 53.9 Å². The van der Waals surface area contributed by atoms with E-state index in [2.05, 4.69) is 10.1 Å². The highest BCUT2D eigenvalue weighted by Gasteiger charge is 2.18. The molecule has 0 fully saturated rings. The minimum absolute atomic E-state index is 0.115. The Balaban J connectivity index is 1.98. The van der Waals surface area contributed by atoms with Gasteiger partial charge in [0, 0.05) is 11.3 Å². The molecule has 6 nitrogen and oxygen atoms in total. The molecule has 118 valence electrons. The molecule has 4 rings (SSSR count). The first-order valence-electron chi connectivity index (χ1n) is 7.16. The van der Waals surface area contributed by atoms with Crippen LogP contribution in [-0.4, -0.2) is 25.7 Å². The number of carboxylic acids is 1. The Labute approximate surface area is 140 Å². The van der Waals surface area contributed by atoms with Crippen LogP contribution < -0.4 is 5.73 Å². The van der Waals surface area contributed by atoms with Crippen LogP contribution in [0.4, 0.5) is 5.69 Å². The quantitative estimate of drug-likeness (QED) is 0.559. The number of benzene rings is 1.